The largest absolute Gasteiger partial charge is 0.329 e. The van der Waals surface area contributed by atoms with Gasteiger partial charge in [0.25, 0.3) is 10.1 Å². The second-order valence-electron chi connectivity index (χ2n) is 11.2. The number of carbonyl (C=O) groups excluding carboxylic acids is 2. The highest BCUT2D eigenvalue weighted by atomic mass is 32.2. The molecule has 0 radical (unpaired) electrons. The van der Waals surface area contributed by atoms with Crippen LogP contribution in [0.2, 0.25) is 0 Å². The van der Waals surface area contributed by atoms with Crippen LogP contribution in [0, 0.1) is 30.6 Å². The van der Waals surface area contributed by atoms with Gasteiger partial charge in [-0.2, -0.15) is 8.42 Å². The normalized spacial score (nSPS) is 13.4. The number of nitrogens with zero attached hydrogens (tertiary/aromatic N) is 1. The summed E-state index contributed by atoms with van der Waals surface area (Å²) in [7, 11) is -7.84. The van der Waals surface area contributed by atoms with E-state index in [0.717, 1.165) is 15.5 Å². The third-order valence-corrected chi connectivity index (χ3v) is 8.82. The maximum absolute atomic E-state index is 13.3. The van der Waals surface area contributed by atoms with Crippen molar-refractivity contribution in [1.82, 2.24) is 15.3 Å². The summed E-state index contributed by atoms with van der Waals surface area (Å²) in [6.07, 6.45) is 4.12. The van der Waals surface area contributed by atoms with E-state index >= 15 is 0 Å². The maximum Gasteiger partial charge on any atom is 0.294 e. The standard InChI is InChI=1S/C23H38N4O5S.C7H8O3S/c1-17(2)15-21(22(28)25-27(16-18(3)4)33(31,32)14-13-24)20(23(29)26-30)12-8-11-19-9-6-5-7-10-19;1-6-2-4-7(5-3-6)11(8,9)10/h5-11,17-18,20-21,30H,12-16,24H2,1-4H3,(H,25,28)(H,26,29);2-5H,1H3,(H,8,9,10)/t20-,21+;/m0./s1. The number of hydrogen-bond donors (Lipinski definition) is 5. The molecule has 2 aromatic carbocycles. The van der Waals surface area contributed by atoms with Crippen LogP contribution in [0.1, 0.15) is 51.7 Å². The Bertz CT molecular complexity index is 1410. The van der Waals surface area contributed by atoms with Crippen LogP contribution in [-0.2, 0) is 29.7 Å². The molecule has 2 aromatic rings. The van der Waals surface area contributed by atoms with E-state index in [4.69, 9.17) is 10.3 Å². The fraction of sp³-hybridized carbons (Fsp3) is 0.467. The van der Waals surface area contributed by atoms with Gasteiger partial charge in [-0.05, 0) is 49.3 Å². The molecular formula is C30H46N4O8S2. The molecule has 246 valence electrons. The van der Waals surface area contributed by atoms with Gasteiger partial charge >= 0.3 is 0 Å². The van der Waals surface area contributed by atoms with Gasteiger partial charge in [-0.1, -0.05) is 87.9 Å². The lowest BCUT2D eigenvalue weighted by Gasteiger charge is -2.30. The van der Waals surface area contributed by atoms with Crippen LogP contribution in [0.15, 0.2) is 65.6 Å². The van der Waals surface area contributed by atoms with E-state index in [1.165, 1.54) is 12.1 Å². The summed E-state index contributed by atoms with van der Waals surface area (Å²) in [5.74, 6) is -3.36. The number of aryl methyl sites for hydroxylation is 1. The van der Waals surface area contributed by atoms with Gasteiger partial charge in [-0.3, -0.25) is 24.8 Å². The lowest BCUT2D eigenvalue weighted by atomic mass is 9.82. The molecule has 2 rings (SSSR count). The Labute approximate surface area is 261 Å². The summed E-state index contributed by atoms with van der Waals surface area (Å²) >= 11 is 0. The Morgan fingerprint density at radius 1 is 0.909 bits per heavy atom. The minimum atomic E-state index is -4.02. The number of hydrogen-bond acceptors (Lipinski definition) is 8. The number of allylic oxidation sites excluding steroid dienone is 1. The number of sulfonamides is 1. The smallest absolute Gasteiger partial charge is 0.294 e. The third kappa shape index (κ3) is 14.1. The Morgan fingerprint density at radius 2 is 1.50 bits per heavy atom. The quantitative estimate of drug-likeness (QED) is 0.109. The number of nitrogens with two attached hydrogens (primary N) is 1. The summed E-state index contributed by atoms with van der Waals surface area (Å²) in [6.45, 7) is 9.32. The molecular weight excluding hydrogens is 608 g/mol. The maximum atomic E-state index is 13.3. The van der Waals surface area contributed by atoms with Gasteiger partial charge in [0.1, 0.15) is 0 Å². The van der Waals surface area contributed by atoms with E-state index in [2.05, 4.69) is 5.43 Å². The lowest BCUT2D eigenvalue weighted by Crippen LogP contribution is -2.53. The fourth-order valence-corrected chi connectivity index (χ4v) is 5.90. The van der Waals surface area contributed by atoms with Gasteiger partial charge in [0, 0.05) is 13.1 Å². The highest BCUT2D eigenvalue weighted by Gasteiger charge is 2.36. The average molecular weight is 655 g/mol. The van der Waals surface area contributed by atoms with Crippen LogP contribution in [0.25, 0.3) is 6.08 Å². The number of carbonyl (C=O) groups is 2. The molecule has 2 amide bonds. The van der Waals surface area contributed by atoms with Gasteiger partial charge in [-0.15, -0.1) is 4.41 Å². The molecule has 0 unspecified atom stereocenters. The van der Waals surface area contributed by atoms with E-state index < -0.39 is 43.8 Å². The van der Waals surface area contributed by atoms with Crippen molar-refractivity contribution in [2.75, 3.05) is 18.8 Å². The van der Waals surface area contributed by atoms with Crippen LogP contribution in [-0.4, -0.2) is 61.7 Å². The van der Waals surface area contributed by atoms with Gasteiger partial charge < -0.3 is 5.73 Å². The summed E-state index contributed by atoms with van der Waals surface area (Å²) in [5.41, 5.74) is 11.5. The minimum absolute atomic E-state index is 0.0482. The molecule has 0 aliphatic rings. The van der Waals surface area contributed by atoms with E-state index in [1.807, 2.05) is 71.0 Å². The summed E-state index contributed by atoms with van der Waals surface area (Å²) in [5, 5.41) is 9.31. The Kier molecular flexibility index (Phi) is 16.5. The molecule has 6 N–H and O–H groups in total. The minimum Gasteiger partial charge on any atom is -0.329 e. The van der Waals surface area contributed by atoms with Crippen molar-refractivity contribution < 1.29 is 36.2 Å². The fourth-order valence-electron chi connectivity index (χ4n) is 4.15. The van der Waals surface area contributed by atoms with Crippen molar-refractivity contribution in [1.29, 1.82) is 0 Å². The monoisotopic (exact) mass is 654 g/mol. The lowest BCUT2D eigenvalue weighted by molar-refractivity contribution is -0.141. The van der Waals surface area contributed by atoms with E-state index in [-0.39, 0.29) is 42.0 Å². The molecule has 0 fully saturated rings. The molecule has 0 bridgehead atoms. The van der Waals surface area contributed by atoms with Crippen LogP contribution in [0.3, 0.4) is 0 Å². The van der Waals surface area contributed by atoms with Crippen LogP contribution >= 0.6 is 0 Å². The van der Waals surface area contributed by atoms with Crippen molar-refractivity contribution in [2.24, 2.45) is 29.4 Å². The molecule has 44 heavy (non-hydrogen) atoms. The summed E-state index contributed by atoms with van der Waals surface area (Å²) in [6, 6.07) is 15.5. The average Bonchev–Trinajstić information content (AvgIpc) is 2.94. The predicted molar refractivity (Wildman–Crippen MR) is 170 cm³/mol. The zero-order valence-corrected chi connectivity index (χ0v) is 27.5. The van der Waals surface area contributed by atoms with E-state index in [0.29, 0.717) is 6.42 Å². The zero-order chi connectivity index (χ0) is 33.5. The number of hydroxylamine groups is 1. The molecule has 12 nitrogen and oxygen atoms in total. The van der Waals surface area contributed by atoms with Gasteiger partial charge in [-0.25, -0.2) is 13.9 Å². The van der Waals surface area contributed by atoms with E-state index in [1.54, 1.807) is 23.7 Å². The first kappa shape index (κ1) is 38.9. The predicted octanol–water partition coefficient (Wildman–Crippen LogP) is 3.39. The van der Waals surface area contributed by atoms with Crippen LogP contribution in [0.4, 0.5) is 0 Å². The number of amides is 2. The Hall–Kier alpha value is -3.14. The molecule has 14 heteroatoms. The molecule has 0 spiro atoms. The number of hydrazine groups is 1. The van der Waals surface area contributed by atoms with E-state index in [9.17, 15) is 31.6 Å². The second-order valence-corrected chi connectivity index (χ2v) is 14.6. The molecule has 0 saturated heterocycles. The topological polar surface area (TPSA) is 196 Å². The van der Waals surface area contributed by atoms with Crippen molar-refractivity contribution in [3.05, 3.63) is 71.8 Å². The Morgan fingerprint density at radius 3 is 1.98 bits per heavy atom. The molecule has 2 atom stereocenters. The van der Waals surface area contributed by atoms with Crippen LogP contribution in [0.5, 0.6) is 0 Å². The SMILES string of the molecule is CC(C)C[C@@H](C(=O)NN(CC(C)C)S(=O)(=O)CCN)[C@H](CC=Cc1ccccc1)C(=O)NO.Cc1ccc(S(=O)(=O)O)cc1. The molecule has 0 saturated carbocycles. The molecule has 0 aliphatic carbocycles. The molecule has 0 aromatic heterocycles. The summed E-state index contributed by atoms with van der Waals surface area (Å²) < 4.78 is 55.7. The first-order chi connectivity index (χ1) is 20.5. The Balaban J connectivity index is 0.000000733. The highest BCUT2D eigenvalue weighted by Crippen LogP contribution is 2.26. The van der Waals surface area contributed by atoms with Gasteiger partial charge in [0.15, 0.2) is 0 Å². The first-order valence-electron chi connectivity index (χ1n) is 14.2. The van der Waals surface area contributed by atoms with Crippen LogP contribution < -0.4 is 16.6 Å². The number of benzene rings is 2. The number of nitrogens with one attached hydrogen (secondary N) is 2. The highest BCUT2D eigenvalue weighted by molar-refractivity contribution is 7.89. The van der Waals surface area contributed by atoms with Crippen molar-refractivity contribution in [2.45, 2.75) is 52.4 Å². The number of rotatable bonds is 15. The second kappa shape index (κ2) is 18.6. The van der Waals surface area contributed by atoms with Crippen molar-refractivity contribution >= 4 is 38.0 Å². The van der Waals surface area contributed by atoms with Gasteiger partial charge in [0.05, 0.1) is 22.5 Å². The van der Waals surface area contributed by atoms with Gasteiger partial charge in [0.2, 0.25) is 21.8 Å². The zero-order valence-electron chi connectivity index (χ0n) is 25.9. The third-order valence-electron chi connectivity index (χ3n) is 6.29. The van der Waals surface area contributed by atoms with Crippen molar-refractivity contribution in [3.8, 4) is 0 Å². The first-order valence-corrected chi connectivity index (χ1v) is 17.3. The molecule has 0 aliphatic heterocycles. The molecule has 0 heterocycles. The summed E-state index contributed by atoms with van der Waals surface area (Å²) in [4.78, 5) is 25.7. The van der Waals surface area contributed by atoms with Crippen molar-refractivity contribution in [3.63, 3.8) is 0 Å².